The van der Waals surface area contributed by atoms with E-state index in [1.165, 1.54) is 32.1 Å². The molecule has 1 rings (SSSR count). The standard InChI is InChI=1S/C14H26N2/c1-3-14(7-9-15)16-10-8-13-6-4-5-12(2)11-13/h12-14,16H,3-8,10-11H2,1-2H3. The molecule has 0 radical (unpaired) electrons. The van der Waals surface area contributed by atoms with E-state index in [9.17, 15) is 0 Å². The maximum absolute atomic E-state index is 8.66. The third-order valence-corrected chi connectivity index (χ3v) is 3.86. The van der Waals surface area contributed by atoms with Crippen LogP contribution in [0.15, 0.2) is 0 Å². The van der Waals surface area contributed by atoms with Crippen molar-refractivity contribution in [1.82, 2.24) is 5.32 Å². The fraction of sp³-hybridized carbons (Fsp3) is 0.929. The summed E-state index contributed by atoms with van der Waals surface area (Å²) in [5, 5.41) is 12.2. The number of hydrogen-bond donors (Lipinski definition) is 1. The molecule has 1 N–H and O–H groups in total. The second-order valence-corrected chi connectivity index (χ2v) is 5.35. The molecule has 1 fully saturated rings. The Hall–Kier alpha value is -0.550. The van der Waals surface area contributed by atoms with Gasteiger partial charge in [-0.25, -0.2) is 0 Å². The maximum Gasteiger partial charge on any atom is 0.0638 e. The van der Waals surface area contributed by atoms with Gasteiger partial charge in [0.05, 0.1) is 12.5 Å². The minimum absolute atomic E-state index is 0.408. The predicted octanol–water partition coefficient (Wildman–Crippen LogP) is 3.48. The monoisotopic (exact) mass is 222 g/mol. The molecule has 0 aromatic heterocycles. The van der Waals surface area contributed by atoms with E-state index < -0.39 is 0 Å². The molecule has 16 heavy (non-hydrogen) atoms. The molecule has 0 bridgehead atoms. The molecule has 92 valence electrons. The summed E-state index contributed by atoms with van der Waals surface area (Å²) in [4.78, 5) is 0. The lowest BCUT2D eigenvalue weighted by molar-refractivity contribution is 0.264. The normalized spacial score (nSPS) is 27.3. The Kier molecular flexibility index (Phi) is 6.49. The lowest BCUT2D eigenvalue weighted by Crippen LogP contribution is -2.30. The molecular weight excluding hydrogens is 196 g/mol. The fourth-order valence-electron chi connectivity index (χ4n) is 2.78. The Morgan fingerprint density at radius 3 is 2.88 bits per heavy atom. The third kappa shape index (κ3) is 4.99. The summed E-state index contributed by atoms with van der Waals surface area (Å²) in [6.07, 6.45) is 8.69. The van der Waals surface area contributed by atoms with Gasteiger partial charge in [0.2, 0.25) is 0 Å². The highest BCUT2D eigenvalue weighted by Gasteiger charge is 2.18. The summed E-state index contributed by atoms with van der Waals surface area (Å²) in [6, 6.07) is 2.66. The molecule has 3 atom stereocenters. The minimum Gasteiger partial charge on any atom is -0.313 e. The summed E-state index contributed by atoms with van der Waals surface area (Å²) >= 11 is 0. The summed E-state index contributed by atoms with van der Waals surface area (Å²) in [5.74, 6) is 1.86. The molecular formula is C14H26N2. The number of rotatable bonds is 6. The highest BCUT2D eigenvalue weighted by Crippen LogP contribution is 2.30. The van der Waals surface area contributed by atoms with Crippen molar-refractivity contribution >= 4 is 0 Å². The van der Waals surface area contributed by atoms with Gasteiger partial charge in [-0.15, -0.1) is 0 Å². The first kappa shape index (κ1) is 13.5. The first-order valence-electron chi connectivity index (χ1n) is 6.86. The second-order valence-electron chi connectivity index (χ2n) is 5.35. The van der Waals surface area contributed by atoms with Crippen LogP contribution in [0.2, 0.25) is 0 Å². The van der Waals surface area contributed by atoms with E-state index >= 15 is 0 Å². The van der Waals surface area contributed by atoms with Crippen molar-refractivity contribution in [2.24, 2.45) is 11.8 Å². The van der Waals surface area contributed by atoms with Crippen LogP contribution in [0.25, 0.3) is 0 Å². The number of nitrogens with one attached hydrogen (secondary N) is 1. The van der Waals surface area contributed by atoms with E-state index in [4.69, 9.17) is 5.26 Å². The lowest BCUT2D eigenvalue weighted by Gasteiger charge is -2.27. The highest BCUT2D eigenvalue weighted by molar-refractivity contribution is 4.80. The van der Waals surface area contributed by atoms with Gasteiger partial charge in [-0.1, -0.05) is 33.1 Å². The molecule has 3 unspecified atom stereocenters. The van der Waals surface area contributed by atoms with E-state index in [0.29, 0.717) is 12.5 Å². The van der Waals surface area contributed by atoms with E-state index in [1.54, 1.807) is 0 Å². The molecule has 2 nitrogen and oxygen atoms in total. The van der Waals surface area contributed by atoms with Crippen LogP contribution in [-0.4, -0.2) is 12.6 Å². The highest BCUT2D eigenvalue weighted by atomic mass is 14.9. The van der Waals surface area contributed by atoms with Crippen molar-refractivity contribution < 1.29 is 0 Å². The van der Waals surface area contributed by atoms with Gasteiger partial charge in [0.25, 0.3) is 0 Å². The zero-order valence-electron chi connectivity index (χ0n) is 10.8. The summed E-state index contributed by atoms with van der Waals surface area (Å²) in [5.41, 5.74) is 0. The van der Waals surface area contributed by atoms with E-state index in [-0.39, 0.29) is 0 Å². The van der Waals surface area contributed by atoms with Crippen molar-refractivity contribution in [3.63, 3.8) is 0 Å². The maximum atomic E-state index is 8.66. The summed E-state index contributed by atoms with van der Waals surface area (Å²) in [7, 11) is 0. The van der Waals surface area contributed by atoms with Gasteiger partial charge < -0.3 is 5.32 Å². The molecule has 1 saturated carbocycles. The number of nitrogens with zero attached hydrogens (tertiary/aromatic N) is 1. The van der Waals surface area contributed by atoms with Gasteiger partial charge in [-0.3, -0.25) is 0 Å². The van der Waals surface area contributed by atoms with Gasteiger partial charge in [-0.2, -0.15) is 5.26 Å². The van der Waals surface area contributed by atoms with Crippen molar-refractivity contribution in [3.8, 4) is 6.07 Å². The quantitative estimate of drug-likeness (QED) is 0.747. The SMILES string of the molecule is CCC(CC#N)NCCC1CCCC(C)C1. The van der Waals surface area contributed by atoms with E-state index in [2.05, 4.69) is 25.2 Å². The van der Waals surface area contributed by atoms with Gasteiger partial charge in [0.1, 0.15) is 0 Å². The Morgan fingerprint density at radius 1 is 1.44 bits per heavy atom. The molecule has 1 aliphatic carbocycles. The second kappa shape index (κ2) is 7.68. The average Bonchev–Trinajstić information content (AvgIpc) is 2.28. The van der Waals surface area contributed by atoms with Crippen LogP contribution >= 0.6 is 0 Å². The van der Waals surface area contributed by atoms with Crippen molar-refractivity contribution in [2.45, 2.75) is 64.8 Å². The zero-order valence-corrected chi connectivity index (χ0v) is 10.8. The molecule has 1 aliphatic rings. The first-order valence-corrected chi connectivity index (χ1v) is 6.86. The number of nitriles is 1. The largest absolute Gasteiger partial charge is 0.313 e. The van der Waals surface area contributed by atoms with Gasteiger partial charge >= 0.3 is 0 Å². The van der Waals surface area contributed by atoms with Crippen LogP contribution in [0.5, 0.6) is 0 Å². The van der Waals surface area contributed by atoms with Crippen LogP contribution in [0.3, 0.4) is 0 Å². The van der Waals surface area contributed by atoms with Crippen molar-refractivity contribution in [2.75, 3.05) is 6.54 Å². The molecule has 0 heterocycles. The minimum atomic E-state index is 0.408. The van der Waals surface area contributed by atoms with Crippen LogP contribution < -0.4 is 5.32 Å². The van der Waals surface area contributed by atoms with Gasteiger partial charge in [0, 0.05) is 6.04 Å². The van der Waals surface area contributed by atoms with Crippen LogP contribution in [0.4, 0.5) is 0 Å². The molecule has 0 amide bonds. The fourth-order valence-corrected chi connectivity index (χ4v) is 2.78. The molecule has 2 heteroatoms. The Bertz CT molecular complexity index is 219. The Morgan fingerprint density at radius 2 is 2.25 bits per heavy atom. The summed E-state index contributed by atoms with van der Waals surface area (Å²) in [6.45, 7) is 5.62. The van der Waals surface area contributed by atoms with Crippen LogP contribution in [0.1, 0.15) is 58.8 Å². The van der Waals surface area contributed by atoms with Crippen LogP contribution in [0, 0.1) is 23.2 Å². The Balaban J connectivity index is 2.12. The van der Waals surface area contributed by atoms with Crippen molar-refractivity contribution in [1.29, 1.82) is 5.26 Å². The van der Waals surface area contributed by atoms with Crippen molar-refractivity contribution in [3.05, 3.63) is 0 Å². The molecule has 0 spiro atoms. The average molecular weight is 222 g/mol. The summed E-state index contributed by atoms with van der Waals surface area (Å²) < 4.78 is 0. The van der Waals surface area contributed by atoms with Gasteiger partial charge in [0.15, 0.2) is 0 Å². The predicted molar refractivity (Wildman–Crippen MR) is 68.1 cm³/mol. The van der Waals surface area contributed by atoms with E-state index in [0.717, 1.165) is 24.8 Å². The zero-order chi connectivity index (χ0) is 11.8. The lowest BCUT2D eigenvalue weighted by atomic mass is 9.81. The smallest absolute Gasteiger partial charge is 0.0638 e. The van der Waals surface area contributed by atoms with Crippen LogP contribution in [-0.2, 0) is 0 Å². The molecule has 0 aliphatic heterocycles. The van der Waals surface area contributed by atoms with Gasteiger partial charge in [-0.05, 0) is 37.6 Å². The number of hydrogen-bond acceptors (Lipinski definition) is 2. The first-order chi connectivity index (χ1) is 7.76. The molecule has 0 aromatic carbocycles. The molecule has 0 saturated heterocycles. The topological polar surface area (TPSA) is 35.8 Å². The Labute approximate surface area is 100 Å². The molecule has 0 aromatic rings. The van der Waals surface area contributed by atoms with E-state index in [1.807, 2.05) is 0 Å². The third-order valence-electron chi connectivity index (χ3n) is 3.86.